The van der Waals surface area contributed by atoms with Crippen LogP contribution >= 0.6 is 54.8 Å². The largest absolute Gasteiger partial charge is 1.00 e. The molecule has 49 heavy (non-hydrogen) atoms. The van der Waals surface area contributed by atoms with Gasteiger partial charge in [0.05, 0.1) is 12.9 Å². The van der Waals surface area contributed by atoms with Gasteiger partial charge in [-0.2, -0.15) is 17.2 Å². The van der Waals surface area contributed by atoms with E-state index < -0.39 is 85.9 Å². The van der Waals surface area contributed by atoms with Gasteiger partial charge < -0.3 is 69.6 Å². The molecule has 39 heteroatoms. The minimum absolute atomic E-state index is 0. The van der Waals surface area contributed by atoms with Crippen LogP contribution in [0.2, 0.25) is 0 Å². The number of phosphoric acid groups is 7. The molecule has 1 aliphatic rings. The van der Waals surface area contributed by atoms with E-state index in [4.69, 9.17) is 49.6 Å². The number of nitrogen functional groups attached to an aromatic ring is 1. The maximum Gasteiger partial charge on any atom is 1.00 e. The van der Waals surface area contributed by atoms with Crippen LogP contribution in [0.4, 0.5) is 5.82 Å². The maximum absolute atomic E-state index is 11.5. The Hall–Kier alpha value is -0.203. The second-order valence-corrected chi connectivity index (χ2v) is 18.3. The molecule has 278 valence electrons. The average molecular weight is 851 g/mol. The number of aromatic nitrogens is 4. The van der Waals surface area contributed by atoms with Gasteiger partial charge in [-0.3, -0.25) is 13.7 Å². The van der Waals surface area contributed by atoms with Gasteiger partial charge in [0.2, 0.25) is 0 Å². The summed E-state index contributed by atoms with van der Waals surface area (Å²) in [6.45, 7) is -0.813. The normalized spacial score (nSPS) is 26.1. The molecule has 0 aliphatic carbocycles. The summed E-state index contributed by atoms with van der Waals surface area (Å²) in [6, 6.07) is 0. The molecule has 0 aromatic carbocycles. The van der Waals surface area contributed by atoms with Crippen LogP contribution in [0.25, 0.3) is 11.2 Å². The summed E-state index contributed by atoms with van der Waals surface area (Å²) < 4.78 is 102. The van der Waals surface area contributed by atoms with Gasteiger partial charge >= 0.3 is 65.8 Å². The zero-order valence-corrected chi connectivity index (χ0v) is 29.5. The van der Waals surface area contributed by atoms with Gasteiger partial charge in [0.25, 0.3) is 7.82 Å². The fourth-order valence-electron chi connectivity index (χ4n) is 3.05. The van der Waals surface area contributed by atoms with Crippen LogP contribution in [0.3, 0.4) is 0 Å². The Morgan fingerprint density at radius 1 is 0.735 bits per heavy atom. The molecule has 0 saturated carbocycles. The van der Waals surface area contributed by atoms with Gasteiger partial charge in [0.15, 0.2) is 17.7 Å². The van der Waals surface area contributed by atoms with E-state index in [9.17, 15) is 52.0 Å². The zero-order valence-electron chi connectivity index (χ0n) is 23.2. The van der Waals surface area contributed by atoms with E-state index in [-0.39, 0.29) is 35.8 Å². The summed E-state index contributed by atoms with van der Waals surface area (Å²) in [5, 5.41) is 20.3. The van der Waals surface area contributed by atoms with E-state index in [2.05, 4.69) is 41.0 Å². The first-order chi connectivity index (χ1) is 21.3. The third-order valence-corrected chi connectivity index (χ3v) is 13.2. The smallest absolute Gasteiger partial charge is 0.756 e. The van der Waals surface area contributed by atoms with E-state index in [1.165, 1.54) is 10.9 Å². The number of imidazole rings is 1. The number of aliphatic hydroxyl groups is 2. The van der Waals surface area contributed by atoms with Crippen molar-refractivity contribution in [1.29, 1.82) is 0 Å². The molecule has 31 nitrogen and oxygen atoms in total. The van der Waals surface area contributed by atoms with Crippen molar-refractivity contribution in [2.24, 2.45) is 0 Å². The number of rotatable bonds is 14. The molecule has 13 N–H and O–H groups in total. The van der Waals surface area contributed by atoms with Crippen molar-refractivity contribution in [3.63, 3.8) is 0 Å². The van der Waals surface area contributed by atoms with E-state index in [1.54, 1.807) is 0 Å². The van der Waals surface area contributed by atoms with Crippen LogP contribution in [0.5, 0.6) is 0 Å². The van der Waals surface area contributed by atoms with Crippen LogP contribution in [0, 0.1) is 0 Å². The molecule has 1 aliphatic heterocycles. The van der Waals surface area contributed by atoms with Crippen LogP contribution in [-0.4, -0.2) is 98.7 Å². The quantitative estimate of drug-likeness (QED) is 0.0622. The first kappa shape index (κ1) is 46.8. The van der Waals surface area contributed by atoms with Gasteiger partial charge in [-0.25, -0.2) is 46.7 Å². The van der Waals surface area contributed by atoms with Crippen molar-refractivity contribution in [2.45, 2.75) is 24.5 Å². The molecule has 5 unspecified atom stereocenters. The maximum atomic E-state index is 11.5. The summed E-state index contributed by atoms with van der Waals surface area (Å²) >= 11 is 0. The molecule has 2 aromatic heterocycles. The first-order valence-electron chi connectivity index (χ1n) is 10.9. The van der Waals surface area contributed by atoms with E-state index in [0.717, 1.165) is 6.33 Å². The van der Waals surface area contributed by atoms with Crippen molar-refractivity contribution in [1.82, 2.24) is 19.5 Å². The van der Waals surface area contributed by atoms with E-state index in [0.29, 0.717) is 0 Å². The fraction of sp³-hybridized carbons (Fsp3) is 0.500. The Balaban J connectivity index is 0.000000498. The van der Waals surface area contributed by atoms with Crippen molar-refractivity contribution in [3.8, 4) is 0 Å². The van der Waals surface area contributed by atoms with Crippen LogP contribution in [0.1, 0.15) is 6.23 Å². The molecule has 2 aromatic rings. The molecule has 9 atom stereocenters. The number of fused-ring (bicyclic) bond motifs is 1. The number of phosphoric ester groups is 1. The van der Waals surface area contributed by atoms with Crippen molar-refractivity contribution in [2.75, 3.05) is 12.3 Å². The van der Waals surface area contributed by atoms with Crippen molar-refractivity contribution >= 4 is 71.7 Å². The fourth-order valence-corrected chi connectivity index (χ4v) is 10.0. The third-order valence-electron chi connectivity index (χ3n) is 4.44. The molecular weight excluding hydrogens is 830 g/mol. The number of hydrogen-bond acceptors (Lipinski definition) is 21. The molecule has 1 fully saturated rings. The summed E-state index contributed by atoms with van der Waals surface area (Å²) in [6.07, 6.45) is -3.20. The number of hydrogen-bond donors (Lipinski definition) is 12. The number of nitrogens with zero attached hydrogens (tertiary/aromatic N) is 4. The minimum Gasteiger partial charge on any atom is -0.756 e. The predicted octanol–water partition coefficient (Wildman–Crippen LogP) is -5.83. The standard InChI is InChI=1S/C10H15N5O10P2.Li.H7O16P5/c11-8-5-9(13-2-12-8)15(3-14-5)10-7(17)6(16)4(24-10)1-23-27(21,22)25-26(18,19)20;;1-17(2,3)13-19(7,8)15-21(11,12)16-20(9,10)14-18(4,5)6/h2-4,6-7,10,16-17H,1H2,(H,21,22)(H2,11,12,13)(H2,18,19,20);;(H,7,8)(H,9,10)(H,11,12)(H2,1,2,3)(H2,4,5,6)/q;+1;/p-1/t4-,6-,7-,10-;;/m1../s1. The summed E-state index contributed by atoms with van der Waals surface area (Å²) in [7, 11) is -40.1. The van der Waals surface area contributed by atoms with Crippen molar-refractivity contribution < 1.29 is 141 Å². The number of aliphatic hydroxyl groups excluding tert-OH is 2. The third kappa shape index (κ3) is 16.1. The number of ether oxygens (including phenoxy) is 1. The van der Waals surface area contributed by atoms with Crippen LogP contribution in [0.15, 0.2) is 12.7 Å². The monoisotopic (exact) mass is 851 g/mol. The molecule has 0 bridgehead atoms. The Morgan fingerprint density at radius 2 is 1.20 bits per heavy atom. The van der Waals surface area contributed by atoms with Crippen LogP contribution in [-0.2, 0) is 62.8 Å². The second kappa shape index (κ2) is 16.9. The Labute approximate surface area is 281 Å². The van der Waals surface area contributed by atoms with Gasteiger partial charge in [0.1, 0.15) is 30.2 Å². The molecule has 0 amide bonds. The molecule has 3 heterocycles. The molecule has 0 radical (unpaired) electrons. The molecule has 0 spiro atoms. The zero-order chi connectivity index (χ0) is 37.3. The van der Waals surface area contributed by atoms with E-state index >= 15 is 0 Å². The molecular formula is C10H21LiN5O26P7. The van der Waals surface area contributed by atoms with Gasteiger partial charge in [-0.05, 0) is 0 Å². The number of nitrogens with two attached hydrogens (primary N) is 1. The summed E-state index contributed by atoms with van der Waals surface area (Å²) in [4.78, 5) is 98.6. The average Bonchev–Trinajstić information content (AvgIpc) is 3.33. The Kier molecular flexibility index (Phi) is 16.1. The molecule has 1 saturated heterocycles. The SMILES string of the molecule is Nc1ncnc2c1ncn2[C@@H]1O[C@H](COP(=O)(O)OP(=O)(O)O)[C@@H](O)[C@H]1O.O=P([O-])(O)OP(=O)(O)OP(=O)(O)OP(=O)(O)OP(=O)(O)O.[Li+]. The topological polar surface area (TPSA) is 499 Å². The summed E-state index contributed by atoms with van der Waals surface area (Å²) in [5.74, 6) is 0.0856. The first-order valence-corrected chi connectivity index (χ1v) is 21.5. The predicted molar refractivity (Wildman–Crippen MR) is 140 cm³/mol. The summed E-state index contributed by atoms with van der Waals surface area (Å²) in [5.41, 5.74) is 6.11. The van der Waals surface area contributed by atoms with Gasteiger partial charge in [-0.15, -0.1) is 0 Å². The molecule has 3 rings (SSSR count). The van der Waals surface area contributed by atoms with Gasteiger partial charge in [0, 0.05) is 0 Å². The van der Waals surface area contributed by atoms with Crippen molar-refractivity contribution in [3.05, 3.63) is 12.7 Å². The number of anilines is 1. The van der Waals surface area contributed by atoms with Crippen LogP contribution < -0.4 is 29.5 Å². The van der Waals surface area contributed by atoms with E-state index in [1.807, 2.05) is 0 Å². The second-order valence-electron chi connectivity index (χ2n) is 8.16. The van der Waals surface area contributed by atoms with Gasteiger partial charge in [-0.1, -0.05) is 0 Å². The minimum atomic E-state index is -6.10. The Bertz CT molecular complexity index is 1750. The Morgan fingerprint density at radius 3 is 1.69 bits per heavy atom.